The number of carbonyl (C=O) groups is 1. The molecular formula is C19H22BrN3O. The van der Waals surface area contributed by atoms with E-state index in [2.05, 4.69) is 31.5 Å². The molecule has 4 nitrogen and oxygen atoms in total. The molecule has 0 aliphatic heterocycles. The van der Waals surface area contributed by atoms with Crippen molar-refractivity contribution in [2.45, 2.75) is 45.1 Å². The van der Waals surface area contributed by atoms with Gasteiger partial charge in [0.1, 0.15) is 5.82 Å². The minimum Gasteiger partial charge on any atom is -0.367 e. The number of amides is 1. The highest BCUT2D eigenvalue weighted by molar-refractivity contribution is 9.10. The molecule has 0 bridgehead atoms. The van der Waals surface area contributed by atoms with E-state index in [1.54, 1.807) is 6.20 Å². The summed E-state index contributed by atoms with van der Waals surface area (Å²) >= 11 is 3.47. The summed E-state index contributed by atoms with van der Waals surface area (Å²) < 4.78 is 0.874. The van der Waals surface area contributed by atoms with Crippen molar-refractivity contribution in [2.24, 2.45) is 0 Å². The summed E-state index contributed by atoms with van der Waals surface area (Å²) in [6, 6.07) is 10.0. The molecule has 2 N–H and O–H groups in total. The van der Waals surface area contributed by atoms with Crippen LogP contribution < -0.4 is 10.6 Å². The highest BCUT2D eigenvalue weighted by Gasteiger charge is 2.14. The fraction of sp³-hybridized carbons (Fsp3) is 0.368. The van der Waals surface area contributed by atoms with Crippen LogP contribution in [-0.2, 0) is 0 Å². The molecule has 0 atom stereocenters. The summed E-state index contributed by atoms with van der Waals surface area (Å²) in [6.07, 6.45) is 7.92. The van der Waals surface area contributed by atoms with E-state index in [4.69, 9.17) is 0 Å². The van der Waals surface area contributed by atoms with E-state index in [0.717, 1.165) is 21.5 Å². The van der Waals surface area contributed by atoms with Crippen molar-refractivity contribution in [3.8, 4) is 0 Å². The number of carbonyl (C=O) groups excluding carboxylic acids is 1. The van der Waals surface area contributed by atoms with Crippen molar-refractivity contribution in [1.29, 1.82) is 0 Å². The summed E-state index contributed by atoms with van der Waals surface area (Å²) in [5, 5.41) is 6.37. The number of hydrogen-bond donors (Lipinski definition) is 2. The van der Waals surface area contributed by atoms with Crippen molar-refractivity contribution in [3.05, 3.63) is 52.1 Å². The van der Waals surface area contributed by atoms with Crippen LogP contribution in [0.25, 0.3) is 0 Å². The molecule has 126 valence electrons. The summed E-state index contributed by atoms with van der Waals surface area (Å²) in [7, 11) is 0. The summed E-state index contributed by atoms with van der Waals surface area (Å²) in [4.78, 5) is 16.7. The van der Waals surface area contributed by atoms with Gasteiger partial charge in [-0.05, 0) is 65.5 Å². The average Bonchev–Trinajstić information content (AvgIpc) is 2.59. The Balaban J connectivity index is 1.62. The Kier molecular flexibility index (Phi) is 5.51. The van der Waals surface area contributed by atoms with E-state index in [-0.39, 0.29) is 5.91 Å². The van der Waals surface area contributed by atoms with Crippen LogP contribution in [0, 0.1) is 6.92 Å². The molecule has 0 saturated heterocycles. The predicted molar refractivity (Wildman–Crippen MR) is 102 cm³/mol. The number of hydrogen-bond acceptors (Lipinski definition) is 3. The summed E-state index contributed by atoms with van der Waals surface area (Å²) in [6.45, 7) is 2.01. The fourth-order valence-corrected chi connectivity index (χ4v) is 3.58. The van der Waals surface area contributed by atoms with Crippen LogP contribution in [0.2, 0.25) is 0 Å². The number of aryl methyl sites for hydroxylation is 1. The molecule has 5 heteroatoms. The van der Waals surface area contributed by atoms with Gasteiger partial charge in [-0.25, -0.2) is 4.98 Å². The maximum absolute atomic E-state index is 12.4. The molecule has 3 rings (SSSR count). The summed E-state index contributed by atoms with van der Waals surface area (Å²) in [5.41, 5.74) is 2.45. The first-order valence-electron chi connectivity index (χ1n) is 8.42. The van der Waals surface area contributed by atoms with Crippen molar-refractivity contribution in [3.63, 3.8) is 0 Å². The number of anilines is 2. The molecule has 1 aliphatic carbocycles. The monoisotopic (exact) mass is 387 g/mol. The largest absolute Gasteiger partial charge is 0.367 e. The number of aromatic nitrogens is 1. The highest BCUT2D eigenvalue weighted by Crippen LogP contribution is 2.24. The summed E-state index contributed by atoms with van der Waals surface area (Å²) in [5.74, 6) is 0.686. The smallest absolute Gasteiger partial charge is 0.257 e. The Morgan fingerprint density at radius 3 is 2.62 bits per heavy atom. The van der Waals surface area contributed by atoms with Crippen molar-refractivity contribution in [1.82, 2.24) is 4.98 Å². The van der Waals surface area contributed by atoms with E-state index < -0.39 is 0 Å². The molecule has 0 radical (unpaired) electrons. The lowest BCUT2D eigenvalue weighted by Gasteiger charge is -2.23. The standard InChI is InChI=1S/C19H22BrN3O/c1-13-7-9-17(16(20)11-13)23-19(24)14-8-10-18(21-12-14)22-15-5-3-2-4-6-15/h7-12,15H,2-6H2,1H3,(H,21,22)(H,23,24). The molecule has 0 unspecified atom stereocenters. The molecule has 1 heterocycles. The van der Waals surface area contributed by atoms with Crippen molar-refractivity contribution >= 4 is 33.3 Å². The second kappa shape index (κ2) is 7.79. The Labute approximate surface area is 151 Å². The van der Waals surface area contributed by atoms with Gasteiger partial charge in [0.25, 0.3) is 5.91 Å². The number of halogens is 1. The molecule has 1 aromatic heterocycles. The quantitative estimate of drug-likeness (QED) is 0.762. The van der Waals surface area contributed by atoms with Crippen LogP contribution in [0.1, 0.15) is 48.0 Å². The van der Waals surface area contributed by atoms with Crippen molar-refractivity contribution in [2.75, 3.05) is 10.6 Å². The lowest BCUT2D eigenvalue weighted by molar-refractivity contribution is 0.102. The van der Waals surface area contributed by atoms with E-state index in [1.165, 1.54) is 32.1 Å². The zero-order valence-corrected chi connectivity index (χ0v) is 15.4. The molecule has 1 amide bonds. The SMILES string of the molecule is Cc1ccc(NC(=O)c2ccc(NC3CCCCC3)nc2)c(Br)c1. The van der Waals surface area contributed by atoms with E-state index in [1.807, 2.05) is 37.3 Å². The molecule has 1 saturated carbocycles. The molecular weight excluding hydrogens is 366 g/mol. The second-order valence-corrected chi connectivity index (χ2v) is 7.20. The third-order valence-corrected chi connectivity index (χ3v) is 5.01. The third-order valence-electron chi connectivity index (χ3n) is 4.36. The van der Waals surface area contributed by atoms with Crippen LogP contribution in [0.3, 0.4) is 0 Å². The zero-order chi connectivity index (χ0) is 16.9. The van der Waals surface area contributed by atoms with Crippen LogP contribution in [0.15, 0.2) is 41.0 Å². The van der Waals surface area contributed by atoms with Crippen LogP contribution in [-0.4, -0.2) is 16.9 Å². The fourth-order valence-electron chi connectivity index (χ4n) is 2.99. The number of nitrogens with zero attached hydrogens (tertiary/aromatic N) is 1. The van der Waals surface area contributed by atoms with Gasteiger partial charge in [-0.1, -0.05) is 25.3 Å². The van der Waals surface area contributed by atoms with Crippen LogP contribution in [0.4, 0.5) is 11.5 Å². The highest BCUT2D eigenvalue weighted by atomic mass is 79.9. The molecule has 1 aromatic carbocycles. The second-order valence-electron chi connectivity index (χ2n) is 6.35. The van der Waals surface area contributed by atoms with Crippen molar-refractivity contribution < 1.29 is 4.79 Å². The van der Waals surface area contributed by atoms with Gasteiger partial charge in [-0.15, -0.1) is 0 Å². The number of pyridine rings is 1. The normalized spacial score (nSPS) is 15.1. The Hall–Kier alpha value is -1.88. The molecule has 1 fully saturated rings. The van der Waals surface area contributed by atoms with Gasteiger partial charge in [-0.2, -0.15) is 0 Å². The van der Waals surface area contributed by atoms with E-state index in [0.29, 0.717) is 11.6 Å². The Morgan fingerprint density at radius 2 is 1.96 bits per heavy atom. The van der Waals surface area contributed by atoms with Gasteiger partial charge in [0, 0.05) is 16.7 Å². The van der Waals surface area contributed by atoms with Gasteiger partial charge in [0.2, 0.25) is 0 Å². The van der Waals surface area contributed by atoms with Crippen LogP contribution >= 0.6 is 15.9 Å². The molecule has 1 aliphatic rings. The molecule has 24 heavy (non-hydrogen) atoms. The minimum absolute atomic E-state index is 0.156. The zero-order valence-electron chi connectivity index (χ0n) is 13.8. The Morgan fingerprint density at radius 1 is 1.17 bits per heavy atom. The van der Waals surface area contributed by atoms with Crippen LogP contribution in [0.5, 0.6) is 0 Å². The van der Waals surface area contributed by atoms with E-state index in [9.17, 15) is 4.79 Å². The molecule has 2 aromatic rings. The van der Waals surface area contributed by atoms with Gasteiger partial charge in [0.05, 0.1) is 11.3 Å². The first-order valence-corrected chi connectivity index (χ1v) is 9.21. The Bertz CT molecular complexity index is 709. The van der Waals surface area contributed by atoms with Gasteiger partial charge < -0.3 is 10.6 Å². The number of nitrogens with one attached hydrogen (secondary N) is 2. The first kappa shape index (κ1) is 17.0. The first-order chi connectivity index (χ1) is 11.6. The number of benzene rings is 1. The van der Waals surface area contributed by atoms with Gasteiger partial charge in [0.15, 0.2) is 0 Å². The molecule has 0 spiro atoms. The minimum atomic E-state index is -0.156. The predicted octanol–water partition coefficient (Wildman–Crippen LogP) is 5.15. The third kappa shape index (κ3) is 4.35. The maximum Gasteiger partial charge on any atom is 0.257 e. The lowest BCUT2D eigenvalue weighted by atomic mass is 9.95. The average molecular weight is 388 g/mol. The van der Waals surface area contributed by atoms with Gasteiger partial charge >= 0.3 is 0 Å². The topological polar surface area (TPSA) is 54.0 Å². The van der Waals surface area contributed by atoms with Gasteiger partial charge in [-0.3, -0.25) is 4.79 Å². The number of rotatable bonds is 4. The maximum atomic E-state index is 12.4. The van der Waals surface area contributed by atoms with E-state index >= 15 is 0 Å². The lowest BCUT2D eigenvalue weighted by Crippen LogP contribution is -2.23.